The van der Waals surface area contributed by atoms with Gasteiger partial charge in [-0.05, 0) is 42.3 Å². The predicted octanol–water partition coefficient (Wildman–Crippen LogP) is 2.69. The fraction of sp³-hybridized carbons (Fsp3) is 0.188. The molecular weight excluding hydrogens is 269 g/mol. The molecule has 0 aliphatic carbocycles. The summed E-state index contributed by atoms with van der Waals surface area (Å²) in [5, 5.41) is 0. The number of amides is 1. The van der Waals surface area contributed by atoms with Crippen molar-refractivity contribution in [3.05, 3.63) is 65.0 Å². The van der Waals surface area contributed by atoms with Crippen LogP contribution in [0.2, 0.25) is 0 Å². The minimum atomic E-state index is -0.291. The van der Waals surface area contributed by atoms with Crippen molar-refractivity contribution in [2.45, 2.75) is 13.5 Å². The van der Waals surface area contributed by atoms with Crippen LogP contribution in [0.5, 0.6) is 0 Å². The first-order valence-electron chi connectivity index (χ1n) is 6.58. The fourth-order valence-electron chi connectivity index (χ4n) is 2.11. The van der Waals surface area contributed by atoms with Gasteiger partial charge >= 0.3 is 0 Å². The third kappa shape index (κ3) is 3.58. The molecular formula is C16H18FN3O. The summed E-state index contributed by atoms with van der Waals surface area (Å²) >= 11 is 0. The van der Waals surface area contributed by atoms with Crippen molar-refractivity contribution in [2.24, 2.45) is 5.84 Å². The number of hydrazine groups is 1. The summed E-state index contributed by atoms with van der Waals surface area (Å²) in [6.45, 7) is 2.33. The normalized spacial score (nSPS) is 10.3. The van der Waals surface area contributed by atoms with E-state index in [0.717, 1.165) is 11.1 Å². The van der Waals surface area contributed by atoms with E-state index in [1.165, 1.54) is 12.1 Å². The first kappa shape index (κ1) is 15.0. The van der Waals surface area contributed by atoms with E-state index in [1.54, 1.807) is 30.1 Å². The number of hydrogen-bond acceptors (Lipinski definition) is 3. The second-order valence-corrected chi connectivity index (χ2v) is 4.98. The molecule has 2 aromatic carbocycles. The summed E-state index contributed by atoms with van der Waals surface area (Å²) in [6, 6.07) is 11.5. The molecule has 2 rings (SSSR count). The average molecular weight is 287 g/mol. The number of nitrogens with zero attached hydrogens (tertiary/aromatic N) is 1. The Balaban J connectivity index is 2.17. The number of carbonyl (C=O) groups excluding carboxylic acids is 1. The first-order chi connectivity index (χ1) is 10.0. The summed E-state index contributed by atoms with van der Waals surface area (Å²) in [5.74, 6) is 5.03. The maximum atomic E-state index is 12.9. The lowest BCUT2D eigenvalue weighted by atomic mass is 10.1. The van der Waals surface area contributed by atoms with Crippen molar-refractivity contribution in [3.8, 4) is 0 Å². The van der Waals surface area contributed by atoms with Crippen molar-refractivity contribution < 1.29 is 9.18 Å². The topological polar surface area (TPSA) is 58.4 Å². The highest BCUT2D eigenvalue weighted by atomic mass is 19.1. The van der Waals surface area contributed by atoms with E-state index in [9.17, 15) is 9.18 Å². The first-order valence-corrected chi connectivity index (χ1v) is 6.58. The Hall–Kier alpha value is -2.40. The Morgan fingerprint density at radius 3 is 2.52 bits per heavy atom. The summed E-state index contributed by atoms with van der Waals surface area (Å²) in [7, 11) is 1.70. The molecule has 21 heavy (non-hydrogen) atoms. The molecule has 3 N–H and O–H groups in total. The molecule has 0 aliphatic heterocycles. The number of halogens is 1. The summed E-state index contributed by atoms with van der Waals surface area (Å²) < 4.78 is 12.9. The van der Waals surface area contributed by atoms with E-state index in [1.807, 2.05) is 19.1 Å². The van der Waals surface area contributed by atoms with Crippen LogP contribution in [0.15, 0.2) is 42.5 Å². The Morgan fingerprint density at radius 1 is 1.24 bits per heavy atom. The maximum Gasteiger partial charge on any atom is 0.256 e. The molecule has 0 atom stereocenters. The second kappa shape index (κ2) is 6.37. The Labute approximate surface area is 123 Å². The minimum absolute atomic E-state index is 0.146. The Kier molecular flexibility index (Phi) is 4.55. The van der Waals surface area contributed by atoms with E-state index in [4.69, 9.17) is 5.84 Å². The van der Waals surface area contributed by atoms with Gasteiger partial charge in [-0.1, -0.05) is 18.2 Å². The van der Waals surface area contributed by atoms with Gasteiger partial charge in [-0.15, -0.1) is 0 Å². The van der Waals surface area contributed by atoms with E-state index >= 15 is 0 Å². The molecule has 0 aliphatic rings. The summed E-state index contributed by atoms with van der Waals surface area (Å²) in [6.07, 6.45) is 0. The third-order valence-electron chi connectivity index (χ3n) is 3.24. The van der Waals surface area contributed by atoms with Crippen LogP contribution in [0.1, 0.15) is 21.5 Å². The van der Waals surface area contributed by atoms with E-state index in [0.29, 0.717) is 17.8 Å². The van der Waals surface area contributed by atoms with Crippen LogP contribution in [-0.4, -0.2) is 17.9 Å². The van der Waals surface area contributed by atoms with Gasteiger partial charge in [-0.25, -0.2) is 4.39 Å². The zero-order valence-corrected chi connectivity index (χ0v) is 12.1. The van der Waals surface area contributed by atoms with Crippen LogP contribution >= 0.6 is 0 Å². The number of carbonyl (C=O) groups is 1. The molecule has 0 bridgehead atoms. The molecule has 0 heterocycles. The number of rotatable bonds is 4. The fourth-order valence-corrected chi connectivity index (χ4v) is 2.11. The van der Waals surface area contributed by atoms with Crippen LogP contribution < -0.4 is 11.3 Å². The highest BCUT2D eigenvalue weighted by Gasteiger charge is 2.15. The standard InChI is InChI=1S/C16H18FN3O/c1-11-3-8-14(15(9-11)19-18)16(21)20(2)10-12-4-6-13(17)7-5-12/h3-9,19H,10,18H2,1-2H3. The number of nitrogens with one attached hydrogen (secondary N) is 1. The number of anilines is 1. The van der Waals surface area contributed by atoms with E-state index < -0.39 is 0 Å². The molecule has 0 radical (unpaired) electrons. The summed E-state index contributed by atoms with van der Waals surface area (Å²) in [4.78, 5) is 14.0. The van der Waals surface area contributed by atoms with Crippen LogP contribution in [-0.2, 0) is 6.54 Å². The van der Waals surface area contributed by atoms with Crippen molar-refractivity contribution >= 4 is 11.6 Å². The second-order valence-electron chi connectivity index (χ2n) is 4.98. The van der Waals surface area contributed by atoms with Crippen LogP contribution in [0.4, 0.5) is 10.1 Å². The molecule has 4 nitrogen and oxygen atoms in total. The molecule has 110 valence electrons. The van der Waals surface area contributed by atoms with Crippen LogP contribution in [0.25, 0.3) is 0 Å². The highest BCUT2D eigenvalue weighted by molar-refractivity contribution is 5.99. The smallest absolute Gasteiger partial charge is 0.256 e. The van der Waals surface area contributed by atoms with Crippen LogP contribution in [0.3, 0.4) is 0 Å². The quantitative estimate of drug-likeness (QED) is 0.671. The SMILES string of the molecule is Cc1ccc(C(=O)N(C)Cc2ccc(F)cc2)c(NN)c1. The lowest BCUT2D eigenvalue weighted by Crippen LogP contribution is -2.27. The molecule has 0 saturated carbocycles. The number of hydrogen-bond donors (Lipinski definition) is 2. The molecule has 1 amide bonds. The van der Waals surface area contributed by atoms with Crippen molar-refractivity contribution in [3.63, 3.8) is 0 Å². The van der Waals surface area contributed by atoms with Crippen molar-refractivity contribution in [2.75, 3.05) is 12.5 Å². The van der Waals surface area contributed by atoms with Gasteiger partial charge in [0.25, 0.3) is 5.91 Å². The van der Waals surface area contributed by atoms with Crippen LogP contribution in [0, 0.1) is 12.7 Å². The largest absolute Gasteiger partial charge is 0.337 e. The molecule has 0 fully saturated rings. The molecule has 0 aromatic heterocycles. The van der Waals surface area contributed by atoms with Gasteiger partial charge in [-0.3, -0.25) is 10.6 Å². The summed E-state index contributed by atoms with van der Waals surface area (Å²) in [5.41, 5.74) is 5.52. The molecule has 0 spiro atoms. The van der Waals surface area contributed by atoms with Gasteiger partial charge in [0.05, 0.1) is 11.3 Å². The minimum Gasteiger partial charge on any atom is -0.337 e. The van der Waals surface area contributed by atoms with Gasteiger partial charge in [0, 0.05) is 13.6 Å². The van der Waals surface area contributed by atoms with Crippen molar-refractivity contribution in [1.29, 1.82) is 0 Å². The highest BCUT2D eigenvalue weighted by Crippen LogP contribution is 2.19. The van der Waals surface area contributed by atoms with E-state index in [2.05, 4.69) is 5.43 Å². The molecule has 0 unspecified atom stereocenters. The zero-order valence-electron chi connectivity index (χ0n) is 12.1. The molecule has 2 aromatic rings. The Morgan fingerprint density at radius 2 is 1.90 bits per heavy atom. The number of aryl methyl sites for hydroxylation is 1. The third-order valence-corrected chi connectivity index (χ3v) is 3.24. The Bertz CT molecular complexity index is 640. The maximum absolute atomic E-state index is 12.9. The monoisotopic (exact) mass is 287 g/mol. The lowest BCUT2D eigenvalue weighted by Gasteiger charge is -2.19. The number of benzene rings is 2. The van der Waals surface area contributed by atoms with Crippen molar-refractivity contribution in [1.82, 2.24) is 4.90 Å². The zero-order chi connectivity index (χ0) is 15.4. The molecule has 0 saturated heterocycles. The predicted molar refractivity (Wildman–Crippen MR) is 81.2 cm³/mol. The average Bonchev–Trinajstić information content (AvgIpc) is 2.48. The van der Waals surface area contributed by atoms with E-state index in [-0.39, 0.29) is 11.7 Å². The number of nitrogen functional groups attached to an aromatic ring is 1. The van der Waals surface area contributed by atoms with Gasteiger partial charge < -0.3 is 10.3 Å². The van der Waals surface area contributed by atoms with Gasteiger partial charge in [-0.2, -0.15) is 0 Å². The molecule has 5 heteroatoms. The lowest BCUT2D eigenvalue weighted by molar-refractivity contribution is 0.0786. The number of nitrogens with two attached hydrogens (primary N) is 1. The van der Waals surface area contributed by atoms with Gasteiger partial charge in [0.2, 0.25) is 0 Å². The van der Waals surface area contributed by atoms with Gasteiger partial charge in [0.15, 0.2) is 0 Å². The van der Waals surface area contributed by atoms with Gasteiger partial charge in [0.1, 0.15) is 5.82 Å².